The van der Waals surface area contributed by atoms with Crippen molar-refractivity contribution in [3.05, 3.63) is 95.1 Å². The van der Waals surface area contributed by atoms with Gasteiger partial charge in [0, 0.05) is 13.0 Å². The molecule has 0 radical (unpaired) electrons. The van der Waals surface area contributed by atoms with E-state index in [0.717, 1.165) is 0 Å². The molecule has 0 saturated heterocycles. The summed E-state index contributed by atoms with van der Waals surface area (Å²) in [7, 11) is 5.48. The number of methoxy groups -OCH3 is 4. The number of ether oxygens (including phenoxy) is 7. The van der Waals surface area contributed by atoms with Gasteiger partial charge in [-0.2, -0.15) is 0 Å². The number of rotatable bonds is 22. The highest BCUT2D eigenvalue weighted by atomic mass is 16.6. The molecule has 0 aliphatic rings. The van der Waals surface area contributed by atoms with Gasteiger partial charge in [-0.25, -0.2) is 0 Å². The van der Waals surface area contributed by atoms with Gasteiger partial charge in [-0.15, -0.1) is 0 Å². The molecule has 0 aliphatic carbocycles. The Morgan fingerprint density at radius 3 is 1.09 bits per heavy atom. The number of aliphatic hydroxyl groups is 8. The Labute approximate surface area is 323 Å². The van der Waals surface area contributed by atoms with E-state index < -0.39 is 62.5 Å². The summed E-state index contributed by atoms with van der Waals surface area (Å²) in [5.41, 5.74) is 1.34. The highest BCUT2D eigenvalue weighted by molar-refractivity contribution is 5.47. The van der Waals surface area contributed by atoms with Gasteiger partial charge in [0.1, 0.15) is 18.3 Å². The molecule has 4 aromatic carbocycles. The van der Waals surface area contributed by atoms with E-state index >= 15 is 0 Å². The molecule has 7 atom stereocenters. The second kappa shape index (κ2) is 20.8. The van der Waals surface area contributed by atoms with Crippen LogP contribution >= 0.6 is 0 Å². The molecule has 56 heavy (non-hydrogen) atoms. The first-order valence-corrected chi connectivity index (χ1v) is 17.5. The van der Waals surface area contributed by atoms with Crippen molar-refractivity contribution in [1.82, 2.24) is 0 Å². The summed E-state index contributed by atoms with van der Waals surface area (Å²) in [6.07, 6.45) is -8.50. The average molecular weight is 787 g/mol. The highest BCUT2D eigenvalue weighted by Gasteiger charge is 2.29. The third kappa shape index (κ3) is 10.4. The van der Waals surface area contributed by atoms with Crippen LogP contribution in [0.5, 0.6) is 46.0 Å². The number of aliphatic hydroxyl groups excluding tert-OH is 8. The Morgan fingerprint density at radius 2 is 0.750 bits per heavy atom. The van der Waals surface area contributed by atoms with Crippen molar-refractivity contribution in [3.63, 3.8) is 0 Å². The fourth-order valence-corrected chi connectivity index (χ4v) is 5.82. The first-order chi connectivity index (χ1) is 27.0. The number of hydrogen-bond donors (Lipinski definition) is 9. The van der Waals surface area contributed by atoms with Crippen LogP contribution in [-0.4, -0.2) is 119 Å². The highest BCUT2D eigenvalue weighted by Crippen LogP contribution is 2.39. The molecule has 0 unspecified atom stereocenters. The van der Waals surface area contributed by atoms with E-state index in [-0.39, 0.29) is 70.2 Å². The topological polar surface area (TPSA) is 247 Å². The summed E-state index contributed by atoms with van der Waals surface area (Å²) in [5, 5.41) is 93.2. The second-order valence-corrected chi connectivity index (χ2v) is 12.5. The van der Waals surface area contributed by atoms with Gasteiger partial charge < -0.3 is 79.1 Å². The Hall–Kier alpha value is -5.04. The van der Waals surface area contributed by atoms with Crippen LogP contribution in [0, 0.1) is 0 Å². The smallest absolute Gasteiger partial charge is 0.161 e. The third-order valence-electron chi connectivity index (χ3n) is 9.01. The lowest BCUT2D eigenvalue weighted by Gasteiger charge is -2.27. The molecule has 306 valence electrons. The average Bonchev–Trinajstić information content (AvgIpc) is 3.23. The SMILES string of the molecule is COc1cc([C@H](O)[C@@H](CO)Oc2ccc([C@H](O)[C@@H](CO)Oc3ccc([C@H](O)[C@@H](CO)Oc4ccc([C@@H](O)CCO)cc4OC)cc3OC)cc2OC)ccc1O. The van der Waals surface area contributed by atoms with Crippen LogP contribution in [0.15, 0.2) is 72.8 Å². The molecule has 0 aliphatic heterocycles. The maximum Gasteiger partial charge on any atom is 0.161 e. The fraction of sp³-hybridized carbons (Fsp3) is 0.400. The third-order valence-corrected chi connectivity index (χ3v) is 9.01. The van der Waals surface area contributed by atoms with Crippen molar-refractivity contribution in [3.8, 4) is 46.0 Å². The van der Waals surface area contributed by atoms with E-state index in [1.807, 2.05) is 0 Å². The van der Waals surface area contributed by atoms with Crippen LogP contribution in [0.25, 0.3) is 0 Å². The lowest BCUT2D eigenvalue weighted by Crippen LogP contribution is -2.30. The molecule has 16 heteroatoms. The minimum absolute atomic E-state index is 0.110. The number of phenols is 1. The van der Waals surface area contributed by atoms with Crippen molar-refractivity contribution >= 4 is 0 Å². The Kier molecular flexibility index (Phi) is 16.2. The van der Waals surface area contributed by atoms with E-state index in [4.69, 9.17) is 38.3 Å². The summed E-state index contributed by atoms with van der Waals surface area (Å²) in [6.45, 7) is -2.04. The fourth-order valence-electron chi connectivity index (χ4n) is 5.82. The number of benzene rings is 4. The van der Waals surface area contributed by atoms with E-state index in [9.17, 15) is 40.9 Å². The first kappa shape index (κ1) is 43.7. The zero-order valence-corrected chi connectivity index (χ0v) is 31.4. The predicted molar refractivity (Wildman–Crippen MR) is 200 cm³/mol. The molecule has 4 aromatic rings. The van der Waals surface area contributed by atoms with Crippen molar-refractivity contribution in [2.75, 3.05) is 54.9 Å². The van der Waals surface area contributed by atoms with Gasteiger partial charge in [0.05, 0.1) is 54.4 Å². The molecule has 4 rings (SSSR count). The lowest BCUT2D eigenvalue weighted by atomic mass is 10.0. The van der Waals surface area contributed by atoms with Gasteiger partial charge in [-0.1, -0.05) is 24.3 Å². The largest absolute Gasteiger partial charge is 0.504 e. The Morgan fingerprint density at radius 1 is 0.429 bits per heavy atom. The number of hydrogen-bond acceptors (Lipinski definition) is 16. The molecular formula is C40H50O16. The lowest BCUT2D eigenvalue weighted by molar-refractivity contribution is -0.00353. The minimum atomic E-state index is -1.42. The van der Waals surface area contributed by atoms with E-state index in [2.05, 4.69) is 0 Å². The zero-order chi connectivity index (χ0) is 40.9. The summed E-state index contributed by atoms with van der Waals surface area (Å²) < 4.78 is 39.3. The normalized spacial score (nSPS) is 15.1. The standard InChI is InChI=1S/C40H50O16/c1-50-31-16-23(5-9-27(31)46)38(47)35(19-42)55-29-11-7-25(18-33(29)52-3)40(49)37(21-44)56-30-12-8-24(17-34(30)53-4)39(48)36(20-43)54-28-10-6-22(15-32(28)51-2)26(45)13-14-41/h5-12,15-18,26,35-49H,13-14,19-21H2,1-4H3/t26-,35+,36+,37+,38-,39-,40-/m0/s1. The van der Waals surface area contributed by atoms with Crippen LogP contribution in [-0.2, 0) is 0 Å². The van der Waals surface area contributed by atoms with Gasteiger partial charge in [0.15, 0.2) is 64.3 Å². The summed E-state index contributed by atoms with van der Waals surface area (Å²) in [6, 6.07) is 17.7. The molecule has 0 heterocycles. The van der Waals surface area contributed by atoms with Crippen LogP contribution in [0.2, 0.25) is 0 Å². The van der Waals surface area contributed by atoms with Crippen LogP contribution < -0.4 is 33.2 Å². The minimum Gasteiger partial charge on any atom is -0.504 e. The molecule has 0 aromatic heterocycles. The molecule has 16 nitrogen and oxygen atoms in total. The number of aromatic hydroxyl groups is 1. The second-order valence-electron chi connectivity index (χ2n) is 12.5. The van der Waals surface area contributed by atoms with Gasteiger partial charge in [0.25, 0.3) is 0 Å². The molecule has 0 amide bonds. The summed E-state index contributed by atoms with van der Waals surface area (Å²) >= 11 is 0. The van der Waals surface area contributed by atoms with E-state index in [1.165, 1.54) is 95.2 Å². The first-order valence-electron chi connectivity index (χ1n) is 17.5. The van der Waals surface area contributed by atoms with Gasteiger partial charge >= 0.3 is 0 Å². The molecule has 0 bridgehead atoms. The van der Waals surface area contributed by atoms with Crippen molar-refractivity contribution in [2.24, 2.45) is 0 Å². The monoisotopic (exact) mass is 786 g/mol. The molecule has 9 N–H and O–H groups in total. The van der Waals surface area contributed by atoms with Gasteiger partial charge in [-0.3, -0.25) is 0 Å². The molecule has 0 saturated carbocycles. The van der Waals surface area contributed by atoms with Crippen LogP contribution in [0.4, 0.5) is 0 Å². The summed E-state index contributed by atoms with van der Waals surface area (Å²) in [4.78, 5) is 0. The molecule has 0 spiro atoms. The van der Waals surface area contributed by atoms with Crippen LogP contribution in [0.1, 0.15) is 53.1 Å². The Balaban J connectivity index is 1.49. The zero-order valence-electron chi connectivity index (χ0n) is 31.4. The van der Waals surface area contributed by atoms with E-state index in [1.54, 1.807) is 6.07 Å². The van der Waals surface area contributed by atoms with Crippen molar-refractivity contribution in [2.45, 2.75) is 49.1 Å². The van der Waals surface area contributed by atoms with Crippen LogP contribution in [0.3, 0.4) is 0 Å². The van der Waals surface area contributed by atoms with Gasteiger partial charge in [0.2, 0.25) is 0 Å². The number of phenolic OH excluding ortho intramolecular Hbond substituents is 1. The maximum atomic E-state index is 11.3. The van der Waals surface area contributed by atoms with Crippen molar-refractivity contribution in [1.29, 1.82) is 0 Å². The van der Waals surface area contributed by atoms with Crippen molar-refractivity contribution < 1.29 is 79.1 Å². The summed E-state index contributed by atoms with van der Waals surface area (Å²) in [5.74, 6) is 0.925. The molecular weight excluding hydrogens is 736 g/mol. The van der Waals surface area contributed by atoms with E-state index in [0.29, 0.717) is 11.1 Å². The molecule has 0 fully saturated rings. The predicted octanol–water partition coefficient (Wildman–Crippen LogP) is 2.26. The quantitative estimate of drug-likeness (QED) is 0.0555. The Bertz CT molecular complexity index is 1840. The maximum absolute atomic E-state index is 11.3. The van der Waals surface area contributed by atoms with Gasteiger partial charge in [-0.05, 0) is 70.8 Å².